The lowest BCUT2D eigenvalue weighted by atomic mass is 11.7. The van der Waals surface area contributed by atoms with Crippen LogP contribution in [0.15, 0.2) is 4.76 Å². The van der Waals surface area contributed by atoms with Crippen molar-refractivity contribution < 1.29 is 9.36 Å². The molecule has 0 saturated heterocycles. The van der Waals surface area contributed by atoms with Crippen molar-refractivity contribution in [1.29, 1.82) is 0 Å². The second-order valence-electron chi connectivity index (χ2n) is 0.273. The van der Waals surface area contributed by atoms with Gasteiger partial charge >= 0.3 is 8.61 Å². The van der Waals surface area contributed by atoms with E-state index in [0.29, 0.717) is 0 Å². The fourth-order valence-corrected chi connectivity index (χ4v) is 0.0500. The van der Waals surface area contributed by atoms with Crippen molar-refractivity contribution in [3.05, 3.63) is 0 Å². The highest BCUT2D eigenvalue weighted by atomic mass is 31.1. The molecule has 0 heterocycles. The maximum Gasteiger partial charge on any atom is 0.314 e. The predicted octanol–water partition coefficient (Wildman–Crippen LogP) is 0.529. The largest absolute Gasteiger partial charge is 0.314 e. The fourth-order valence-electron chi connectivity index (χ4n) is 0.0167. The monoisotopic (exact) mass is 89.0 g/mol. The summed E-state index contributed by atoms with van der Waals surface area (Å²) < 4.78 is 11.7. The van der Waals surface area contributed by atoms with E-state index in [9.17, 15) is 0 Å². The van der Waals surface area contributed by atoms with Crippen LogP contribution >= 0.6 is 8.61 Å². The first kappa shape index (κ1) is 4.48. The summed E-state index contributed by atoms with van der Waals surface area (Å²) in [6, 6.07) is 0. The van der Waals surface area contributed by atoms with E-state index in [1.54, 1.807) is 0 Å². The van der Waals surface area contributed by atoms with Crippen molar-refractivity contribution in [3.63, 3.8) is 0 Å². The predicted molar refractivity (Wildman–Crippen MR) is 15.7 cm³/mol. The Bertz CT molecular complexity index is 73.7. The van der Waals surface area contributed by atoms with Crippen molar-refractivity contribution in [2.24, 2.45) is 4.76 Å². The molecule has 0 aliphatic carbocycles. The molecule has 0 saturated carbocycles. The van der Waals surface area contributed by atoms with E-state index in [4.69, 9.17) is 9.36 Å². The van der Waals surface area contributed by atoms with Crippen molar-refractivity contribution in [2.45, 2.75) is 0 Å². The van der Waals surface area contributed by atoms with Crippen LogP contribution in [-0.4, -0.2) is 6.08 Å². The first-order valence-electron chi connectivity index (χ1n) is 0.810. The first-order chi connectivity index (χ1) is 2.41. The Morgan fingerprint density at radius 3 is 2.40 bits per heavy atom. The molecule has 0 rings (SSSR count). The van der Waals surface area contributed by atoms with E-state index >= 15 is 0 Å². The average molecular weight is 89.0 g/mol. The van der Waals surface area contributed by atoms with Crippen LogP contribution in [-0.2, 0) is 9.36 Å². The molecular formula is CNO2P. The highest BCUT2D eigenvalue weighted by Crippen LogP contribution is 1.84. The molecule has 0 aromatic heterocycles. The third-order valence-corrected chi connectivity index (χ3v) is 0.245. The molecule has 0 aliphatic rings. The first-order valence-corrected chi connectivity index (χ1v) is 1.58. The molecule has 5 heavy (non-hydrogen) atoms. The fraction of sp³-hybridized carbons (Fsp3) is 0. The number of nitrogens with zero attached hydrogens (tertiary/aromatic N) is 1. The minimum atomic E-state index is -0.519. The van der Waals surface area contributed by atoms with Crippen LogP contribution in [0.4, 0.5) is 0 Å². The Kier molecular flexibility index (Phi) is 3.12. The van der Waals surface area contributed by atoms with Gasteiger partial charge in [0.15, 0.2) is 0 Å². The topological polar surface area (TPSA) is 46.5 Å². The molecule has 0 N–H and O–H groups in total. The summed E-state index contributed by atoms with van der Waals surface area (Å²) in [5.74, 6) is 0. The molecule has 3 nitrogen and oxygen atoms in total. The van der Waals surface area contributed by atoms with Gasteiger partial charge in [0.05, 0.1) is 0 Å². The Morgan fingerprint density at radius 1 is 1.80 bits per heavy atom. The number of isocyanates is 1. The third kappa shape index (κ3) is 3.48. The molecule has 0 bridgehead atoms. The highest BCUT2D eigenvalue weighted by molar-refractivity contribution is 7.22. The summed E-state index contributed by atoms with van der Waals surface area (Å²) in [5, 5.41) is 0. The Balaban J connectivity index is 3.31. The summed E-state index contributed by atoms with van der Waals surface area (Å²) in [5.41, 5.74) is 0. The smallest absolute Gasteiger partial charge is 0.246 e. The number of hydrogen-bond donors (Lipinski definition) is 0. The number of rotatable bonds is 1. The maximum atomic E-state index is 9.07. The molecule has 0 aromatic carbocycles. The summed E-state index contributed by atoms with van der Waals surface area (Å²) in [6.45, 7) is 0. The SMILES string of the molecule is O=C=NP=O. The summed E-state index contributed by atoms with van der Waals surface area (Å²) in [7, 11) is -0.519. The third-order valence-electron chi connectivity index (χ3n) is 0.0816. The van der Waals surface area contributed by atoms with E-state index in [0.717, 1.165) is 6.08 Å². The van der Waals surface area contributed by atoms with Crippen LogP contribution in [0.1, 0.15) is 0 Å². The molecule has 0 aliphatic heterocycles. The average Bonchev–Trinajstić information content (AvgIpc) is 1.41. The van der Waals surface area contributed by atoms with E-state index < -0.39 is 8.61 Å². The van der Waals surface area contributed by atoms with Crippen molar-refractivity contribution in [2.75, 3.05) is 0 Å². The zero-order valence-electron chi connectivity index (χ0n) is 2.21. The lowest BCUT2D eigenvalue weighted by Crippen LogP contribution is -1.28. The zero-order valence-corrected chi connectivity index (χ0v) is 3.11. The minimum Gasteiger partial charge on any atom is -0.246 e. The second kappa shape index (κ2) is 3.48. The van der Waals surface area contributed by atoms with Crippen molar-refractivity contribution >= 4 is 14.7 Å². The highest BCUT2D eigenvalue weighted by Gasteiger charge is 1.51. The van der Waals surface area contributed by atoms with Gasteiger partial charge < -0.3 is 0 Å². The zero-order chi connectivity index (χ0) is 4.12. The number of carbonyl (C=O) groups excluding carboxylic acids is 1. The van der Waals surface area contributed by atoms with Gasteiger partial charge in [-0.25, -0.2) is 9.36 Å². The lowest BCUT2D eigenvalue weighted by Gasteiger charge is -1.35. The summed E-state index contributed by atoms with van der Waals surface area (Å²) in [6.07, 6.45) is 1.07. The molecule has 0 spiro atoms. The van der Waals surface area contributed by atoms with Gasteiger partial charge in [-0.15, -0.1) is 4.76 Å². The van der Waals surface area contributed by atoms with Crippen LogP contribution in [0.2, 0.25) is 0 Å². The Morgan fingerprint density at radius 2 is 2.40 bits per heavy atom. The standard InChI is InChI=1S/CNO2P/c3-1-2-5-4. The molecule has 0 radical (unpaired) electrons. The van der Waals surface area contributed by atoms with E-state index in [1.165, 1.54) is 0 Å². The molecule has 0 amide bonds. The van der Waals surface area contributed by atoms with Gasteiger partial charge in [-0.3, -0.25) is 0 Å². The van der Waals surface area contributed by atoms with Gasteiger partial charge in [0, 0.05) is 0 Å². The van der Waals surface area contributed by atoms with Gasteiger partial charge in [-0.1, -0.05) is 0 Å². The maximum absolute atomic E-state index is 9.07. The Labute approximate surface area is 30.0 Å². The van der Waals surface area contributed by atoms with Gasteiger partial charge in [0.1, 0.15) is 0 Å². The normalized spacial score (nSPS) is 6.40. The summed E-state index contributed by atoms with van der Waals surface area (Å²) in [4.78, 5) is 8.91. The minimum absolute atomic E-state index is 0.519. The van der Waals surface area contributed by atoms with Gasteiger partial charge in [0.2, 0.25) is 6.08 Å². The number of hydrogen-bond acceptors (Lipinski definition) is 2. The van der Waals surface area contributed by atoms with Crippen LogP contribution < -0.4 is 0 Å². The van der Waals surface area contributed by atoms with Crippen LogP contribution in [0.5, 0.6) is 0 Å². The molecule has 0 aromatic rings. The van der Waals surface area contributed by atoms with Crippen LogP contribution in [0, 0.1) is 0 Å². The van der Waals surface area contributed by atoms with E-state index in [-0.39, 0.29) is 0 Å². The molecule has 0 unspecified atom stereocenters. The molecule has 0 atom stereocenters. The van der Waals surface area contributed by atoms with E-state index in [1.807, 2.05) is 0 Å². The molecule has 4 heteroatoms. The molecule has 26 valence electrons. The van der Waals surface area contributed by atoms with Crippen molar-refractivity contribution in [1.82, 2.24) is 0 Å². The van der Waals surface area contributed by atoms with Gasteiger partial charge in [-0.2, -0.15) is 0 Å². The summed E-state index contributed by atoms with van der Waals surface area (Å²) >= 11 is 0. The van der Waals surface area contributed by atoms with Gasteiger partial charge in [-0.05, 0) is 0 Å². The van der Waals surface area contributed by atoms with E-state index in [2.05, 4.69) is 4.76 Å². The lowest BCUT2D eigenvalue weighted by molar-refractivity contribution is 0.565. The van der Waals surface area contributed by atoms with Gasteiger partial charge in [0.25, 0.3) is 0 Å². The quantitative estimate of drug-likeness (QED) is 0.267. The van der Waals surface area contributed by atoms with Crippen LogP contribution in [0.3, 0.4) is 0 Å². The van der Waals surface area contributed by atoms with Crippen molar-refractivity contribution in [3.8, 4) is 0 Å². The molecule has 0 fully saturated rings. The molecular weight excluding hydrogens is 89.0 g/mol. The Hall–Kier alpha value is -0.520. The second-order valence-corrected chi connectivity index (χ2v) is 0.636. The van der Waals surface area contributed by atoms with Crippen LogP contribution in [0.25, 0.3) is 0 Å².